The highest BCUT2D eigenvalue weighted by Gasteiger charge is 2.20. The molecule has 294 valence electrons. The fourth-order valence-corrected chi connectivity index (χ4v) is 9.43. The smallest absolute Gasteiger partial charge is 0.164 e. The summed E-state index contributed by atoms with van der Waals surface area (Å²) in [7, 11) is 0. The Morgan fingerprint density at radius 1 is 0.270 bits per heavy atom. The highest BCUT2D eigenvalue weighted by atomic mass is 16.3. The van der Waals surface area contributed by atoms with Gasteiger partial charge in [-0.05, 0) is 59.7 Å². The predicted octanol–water partition coefficient (Wildman–Crippen LogP) is 14.6. The second kappa shape index (κ2) is 14.0. The van der Waals surface area contributed by atoms with E-state index in [4.69, 9.17) is 19.4 Å². The summed E-state index contributed by atoms with van der Waals surface area (Å²) in [6.45, 7) is 0. The van der Waals surface area contributed by atoms with Crippen molar-refractivity contribution in [2.24, 2.45) is 0 Å². The van der Waals surface area contributed by atoms with E-state index in [1.807, 2.05) is 60.7 Å². The van der Waals surface area contributed by atoms with Gasteiger partial charge in [0.15, 0.2) is 17.5 Å². The van der Waals surface area contributed by atoms with Crippen molar-refractivity contribution < 1.29 is 4.42 Å². The third kappa shape index (κ3) is 5.69. The first-order valence-electron chi connectivity index (χ1n) is 21.2. The van der Waals surface area contributed by atoms with Crippen LogP contribution in [0.3, 0.4) is 0 Å². The zero-order valence-corrected chi connectivity index (χ0v) is 33.9. The number of fused-ring (bicyclic) bond motifs is 9. The van der Waals surface area contributed by atoms with Crippen LogP contribution in [-0.4, -0.2) is 24.1 Å². The van der Waals surface area contributed by atoms with Crippen molar-refractivity contribution in [2.75, 3.05) is 0 Å². The van der Waals surface area contributed by atoms with Crippen molar-refractivity contribution in [1.29, 1.82) is 0 Å². The fraction of sp³-hybridized carbons (Fsp3) is 0. The maximum Gasteiger partial charge on any atom is 0.164 e. The van der Waals surface area contributed by atoms with Crippen LogP contribution in [0.15, 0.2) is 217 Å². The highest BCUT2D eigenvalue weighted by Crippen LogP contribution is 2.41. The van der Waals surface area contributed by atoms with Gasteiger partial charge in [-0.3, -0.25) is 0 Å². The Balaban J connectivity index is 0.969. The van der Waals surface area contributed by atoms with Crippen LogP contribution in [0.5, 0.6) is 0 Å². The lowest BCUT2D eigenvalue weighted by Gasteiger charge is -2.11. The summed E-state index contributed by atoms with van der Waals surface area (Å²) in [5, 5.41) is 6.94. The summed E-state index contributed by atoms with van der Waals surface area (Å²) in [5.74, 6) is 1.87. The molecule has 0 atom stereocenters. The van der Waals surface area contributed by atoms with Crippen LogP contribution >= 0.6 is 0 Å². The molecule has 0 saturated heterocycles. The first kappa shape index (κ1) is 35.2. The van der Waals surface area contributed by atoms with Crippen molar-refractivity contribution in [3.05, 3.63) is 212 Å². The highest BCUT2D eigenvalue weighted by molar-refractivity contribution is 6.18. The first-order chi connectivity index (χ1) is 31.2. The van der Waals surface area contributed by atoms with Crippen molar-refractivity contribution in [3.63, 3.8) is 0 Å². The second-order valence-corrected chi connectivity index (χ2v) is 16.0. The number of rotatable bonds is 6. The summed E-state index contributed by atoms with van der Waals surface area (Å²) in [5.41, 5.74) is 13.4. The Kier molecular flexibility index (Phi) is 7.80. The number of benzene rings is 9. The molecular weight excluding hydrogens is 771 g/mol. The number of nitrogens with zero attached hydrogens (tertiary/aromatic N) is 5. The Morgan fingerprint density at radius 3 is 1.43 bits per heavy atom. The zero-order valence-electron chi connectivity index (χ0n) is 33.9. The Labute approximate surface area is 361 Å². The third-order valence-electron chi connectivity index (χ3n) is 12.4. The minimum Gasteiger partial charge on any atom is -0.456 e. The van der Waals surface area contributed by atoms with Crippen LogP contribution < -0.4 is 0 Å². The van der Waals surface area contributed by atoms with E-state index in [9.17, 15) is 0 Å². The van der Waals surface area contributed by atoms with Gasteiger partial charge >= 0.3 is 0 Å². The molecule has 6 heteroatoms. The number of aromatic nitrogens is 5. The molecule has 0 aliphatic carbocycles. The maximum absolute atomic E-state index is 6.85. The standard InChI is InChI=1S/C57H35N5O/c1-4-15-36(16-5-1)39-27-29-45-43-23-10-12-25-49(43)62(51(45)32-39)42-28-30-46-48-34-47-44-24-11-13-26-50(44)61(52(47)35-54(48)63-53(46)33-42)41-22-14-21-40(31-41)57-59-55(37-17-6-2-7-18-37)58-56(60-57)38-19-8-3-9-20-38/h1-35H. The van der Waals surface area contributed by atoms with Gasteiger partial charge in [0, 0.05) is 72.5 Å². The van der Waals surface area contributed by atoms with E-state index in [-0.39, 0.29) is 0 Å². The molecule has 0 N–H and O–H groups in total. The molecule has 6 nitrogen and oxygen atoms in total. The van der Waals surface area contributed by atoms with E-state index in [0.29, 0.717) is 17.5 Å². The summed E-state index contributed by atoms with van der Waals surface area (Å²) in [4.78, 5) is 15.0. The van der Waals surface area contributed by atoms with Gasteiger partial charge in [-0.25, -0.2) is 15.0 Å². The Hall–Kier alpha value is -8.61. The molecule has 0 amide bonds. The molecule has 4 heterocycles. The molecule has 0 aliphatic heterocycles. The van der Waals surface area contributed by atoms with Gasteiger partial charge in [0.25, 0.3) is 0 Å². The van der Waals surface area contributed by atoms with Gasteiger partial charge in [0.05, 0.1) is 22.1 Å². The second-order valence-electron chi connectivity index (χ2n) is 16.0. The first-order valence-corrected chi connectivity index (χ1v) is 21.2. The lowest BCUT2D eigenvalue weighted by atomic mass is 10.0. The average Bonchev–Trinajstić information content (AvgIpc) is 4.00. The molecule has 9 aromatic carbocycles. The summed E-state index contributed by atoms with van der Waals surface area (Å²) in [6.07, 6.45) is 0. The molecule has 63 heavy (non-hydrogen) atoms. The van der Waals surface area contributed by atoms with Gasteiger partial charge in [-0.2, -0.15) is 0 Å². The summed E-state index contributed by atoms with van der Waals surface area (Å²) in [6, 6.07) is 74.4. The minimum absolute atomic E-state index is 0.611. The number of hydrogen-bond donors (Lipinski definition) is 0. The van der Waals surface area contributed by atoms with Gasteiger partial charge in [-0.1, -0.05) is 152 Å². The maximum atomic E-state index is 6.85. The van der Waals surface area contributed by atoms with Crippen LogP contribution in [0.2, 0.25) is 0 Å². The van der Waals surface area contributed by atoms with E-state index < -0.39 is 0 Å². The fourth-order valence-electron chi connectivity index (χ4n) is 9.43. The summed E-state index contributed by atoms with van der Waals surface area (Å²) >= 11 is 0. The molecule has 0 spiro atoms. The molecular formula is C57H35N5O. The number of furan rings is 1. The lowest BCUT2D eigenvalue weighted by molar-refractivity contribution is 0.669. The Morgan fingerprint density at radius 2 is 0.762 bits per heavy atom. The quantitative estimate of drug-likeness (QED) is 0.168. The van der Waals surface area contributed by atoms with E-state index in [2.05, 4.69) is 161 Å². The van der Waals surface area contributed by atoms with Crippen molar-refractivity contribution in [3.8, 4) is 56.7 Å². The third-order valence-corrected chi connectivity index (χ3v) is 12.4. The molecule has 13 aromatic rings. The van der Waals surface area contributed by atoms with Crippen LogP contribution in [0.4, 0.5) is 0 Å². The largest absolute Gasteiger partial charge is 0.456 e. The Bertz CT molecular complexity index is 3850. The van der Waals surface area contributed by atoms with Crippen LogP contribution in [0.1, 0.15) is 0 Å². The SMILES string of the molecule is c1ccc(-c2ccc3c4ccccc4n(-c4ccc5c(c4)oc4cc6c(cc45)c4ccccc4n6-c4cccc(-c5nc(-c6ccccc6)nc(-c6ccccc6)n5)c4)c3c2)cc1. The molecule has 13 rings (SSSR count). The molecule has 0 aliphatic rings. The molecule has 0 unspecified atom stereocenters. The summed E-state index contributed by atoms with van der Waals surface area (Å²) < 4.78 is 11.5. The molecule has 0 saturated carbocycles. The molecule has 0 fully saturated rings. The average molecular weight is 806 g/mol. The van der Waals surface area contributed by atoms with E-state index in [1.165, 1.54) is 27.3 Å². The topological polar surface area (TPSA) is 61.7 Å². The van der Waals surface area contributed by atoms with Crippen LogP contribution in [0.25, 0.3) is 122 Å². The van der Waals surface area contributed by atoms with E-state index >= 15 is 0 Å². The van der Waals surface area contributed by atoms with Gasteiger partial charge in [0.2, 0.25) is 0 Å². The van der Waals surface area contributed by atoms with Gasteiger partial charge < -0.3 is 13.6 Å². The van der Waals surface area contributed by atoms with E-state index in [0.717, 1.165) is 77.5 Å². The zero-order chi connectivity index (χ0) is 41.4. The van der Waals surface area contributed by atoms with E-state index in [1.54, 1.807) is 0 Å². The minimum atomic E-state index is 0.611. The van der Waals surface area contributed by atoms with Crippen LogP contribution in [0, 0.1) is 0 Å². The monoisotopic (exact) mass is 805 g/mol. The molecule has 0 bridgehead atoms. The number of para-hydroxylation sites is 2. The van der Waals surface area contributed by atoms with Crippen molar-refractivity contribution >= 4 is 65.6 Å². The molecule has 0 radical (unpaired) electrons. The number of hydrogen-bond acceptors (Lipinski definition) is 4. The normalized spacial score (nSPS) is 11.8. The lowest BCUT2D eigenvalue weighted by Crippen LogP contribution is -2.01. The molecule has 4 aromatic heterocycles. The van der Waals surface area contributed by atoms with Gasteiger partial charge in [-0.15, -0.1) is 0 Å². The van der Waals surface area contributed by atoms with Crippen molar-refractivity contribution in [1.82, 2.24) is 24.1 Å². The predicted molar refractivity (Wildman–Crippen MR) is 258 cm³/mol. The van der Waals surface area contributed by atoms with Gasteiger partial charge in [0.1, 0.15) is 11.2 Å². The van der Waals surface area contributed by atoms with Crippen molar-refractivity contribution in [2.45, 2.75) is 0 Å². The van der Waals surface area contributed by atoms with Crippen LogP contribution in [-0.2, 0) is 0 Å².